The van der Waals surface area contributed by atoms with Crippen LogP contribution in [-0.2, 0) is 6.42 Å². The Kier molecular flexibility index (Phi) is 1.83. The van der Waals surface area contributed by atoms with Crippen molar-refractivity contribution in [2.45, 2.75) is 19.3 Å². The number of para-hydroxylation sites is 1. The van der Waals surface area contributed by atoms with Crippen LogP contribution in [0, 0.1) is 5.41 Å². The summed E-state index contributed by atoms with van der Waals surface area (Å²) >= 11 is 0. The molecule has 3 N–H and O–H groups in total. The summed E-state index contributed by atoms with van der Waals surface area (Å²) in [6.07, 6.45) is 3.57. The highest BCUT2D eigenvalue weighted by molar-refractivity contribution is 5.81. The minimum Gasteiger partial charge on any atom is -0.330 e. The number of hydrogen-bond donors (Lipinski definition) is 2. The van der Waals surface area contributed by atoms with Crippen molar-refractivity contribution in [3.05, 3.63) is 30.0 Å². The molecule has 15 heavy (non-hydrogen) atoms. The molecule has 0 radical (unpaired) electrons. The number of nitrogens with two attached hydrogens (primary N) is 1. The zero-order valence-corrected chi connectivity index (χ0v) is 8.66. The summed E-state index contributed by atoms with van der Waals surface area (Å²) in [5.74, 6) is 0. The molecule has 78 valence electrons. The van der Waals surface area contributed by atoms with Gasteiger partial charge in [-0.15, -0.1) is 0 Å². The molecule has 0 aliphatic heterocycles. The molecule has 1 aliphatic carbocycles. The number of benzene rings is 1. The molecule has 1 saturated carbocycles. The summed E-state index contributed by atoms with van der Waals surface area (Å²) in [4.78, 5) is 0. The topological polar surface area (TPSA) is 54.7 Å². The van der Waals surface area contributed by atoms with E-state index in [-0.39, 0.29) is 0 Å². The molecule has 0 spiro atoms. The van der Waals surface area contributed by atoms with Crippen molar-refractivity contribution in [3.8, 4) is 0 Å². The van der Waals surface area contributed by atoms with E-state index in [9.17, 15) is 0 Å². The fraction of sp³-hybridized carbons (Fsp3) is 0.417. The number of rotatable bonds is 3. The van der Waals surface area contributed by atoms with E-state index in [1.807, 2.05) is 12.1 Å². The Morgan fingerprint density at radius 2 is 2.13 bits per heavy atom. The van der Waals surface area contributed by atoms with Crippen molar-refractivity contribution in [2.75, 3.05) is 6.54 Å². The van der Waals surface area contributed by atoms with Gasteiger partial charge in [0.1, 0.15) is 0 Å². The Morgan fingerprint density at radius 3 is 2.87 bits per heavy atom. The lowest BCUT2D eigenvalue weighted by molar-refractivity contribution is 0.515. The van der Waals surface area contributed by atoms with Gasteiger partial charge in [0.05, 0.1) is 5.52 Å². The normalized spacial score (nSPS) is 18.2. The van der Waals surface area contributed by atoms with Gasteiger partial charge in [0.2, 0.25) is 0 Å². The van der Waals surface area contributed by atoms with Gasteiger partial charge in [-0.05, 0) is 37.3 Å². The Bertz CT molecular complexity index is 482. The largest absolute Gasteiger partial charge is 0.330 e. The molecule has 0 atom stereocenters. The minimum atomic E-state index is 0.370. The Morgan fingerprint density at radius 1 is 1.33 bits per heavy atom. The van der Waals surface area contributed by atoms with E-state index in [0.717, 1.165) is 18.5 Å². The molecule has 0 bridgehead atoms. The van der Waals surface area contributed by atoms with Gasteiger partial charge in [0, 0.05) is 11.1 Å². The number of hydrogen-bond acceptors (Lipinski definition) is 2. The van der Waals surface area contributed by atoms with Gasteiger partial charge in [-0.3, -0.25) is 5.10 Å². The highest BCUT2D eigenvalue weighted by Crippen LogP contribution is 2.47. The first-order chi connectivity index (χ1) is 7.33. The van der Waals surface area contributed by atoms with Crippen molar-refractivity contribution < 1.29 is 0 Å². The van der Waals surface area contributed by atoms with Crippen molar-refractivity contribution >= 4 is 10.9 Å². The molecule has 3 nitrogen and oxygen atoms in total. The number of H-pyrrole nitrogens is 1. The number of fused-ring (bicyclic) bond motifs is 1. The summed E-state index contributed by atoms with van der Waals surface area (Å²) in [6, 6.07) is 8.24. The number of nitrogens with one attached hydrogen (secondary N) is 1. The van der Waals surface area contributed by atoms with Crippen molar-refractivity contribution in [3.63, 3.8) is 0 Å². The first-order valence-corrected chi connectivity index (χ1v) is 5.45. The van der Waals surface area contributed by atoms with E-state index >= 15 is 0 Å². The van der Waals surface area contributed by atoms with Crippen molar-refractivity contribution in [2.24, 2.45) is 11.1 Å². The standard InChI is InChI=1S/C12H15N3/c13-8-12(5-6-12)7-11-9-3-1-2-4-10(9)14-15-11/h1-4H,5-8,13H2,(H,14,15). The molecule has 3 rings (SSSR count). The maximum atomic E-state index is 5.80. The van der Waals surface area contributed by atoms with E-state index in [2.05, 4.69) is 22.3 Å². The Labute approximate surface area is 88.7 Å². The van der Waals surface area contributed by atoms with Crippen LogP contribution in [0.4, 0.5) is 0 Å². The lowest BCUT2D eigenvalue weighted by Gasteiger charge is -2.10. The van der Waals surface area contributed by atoms with Gasteiger partial charge in [0.15, 0.2) is 0 Å². The van der Waals surface area contributed by atoms with E-state index in [0.29, 0.717) is 5.41 Å². The van der Waals surface area contributed by atoms with E-state index in [4.69, 9.17) is 5.73 Å². The van der Waals surface area contributed by atoms with Crippen LogP contribution in [0.5, 0.6) is 0 Å². The second-order valence-corrected chi connectivity index (χ2v) is 4.60. The van der Waals surface area contributed by atoms with Gasteiger partial charge >= 0.3 is 0 Å². The van der Waals surface area contributed by atoms with Gasteiger partial charge in [0.25, 0.3) is 0 Å². The second-order valence-electron chi connectivity index (χ2n) is 4.60. The molecule has 1 fully saturated rings. The molecule has 3 heteroatoms. The molecule has 0 unspecified atom stereocenters. The maximum absolute atomic E-state index is 5.80. The molecular weight excluding hydrogens is 186 g/mol. The number of aromatic nitrogens is 2. The molecule has 2 aromatic rings. The van der Waals surface area contributed by atoms with Crippen LogP contribution < -0.4 is 5.73 Å². The molecule has 0 amide bonds. The third-order valence-corrected chi connectivity index (χ3v) is 3.48. The van der Waals surface area contributed by atoms with Gasteiger partial charge in [-0.25, -0.2) is 0 Å². The maximum Gasteiger partial charge on any atom is 0.0923 e. The zero-order chi connectivity index (χ0) is 10.3. The monoisotopic (exact) mass is 201 g/mol. The van der Waals surface area contributed by atoms with Crippen molar-refractivity contribution in [1.82, 2.24) is 10.2 Å². The summed E-state index contributed by atoms with van der Waals surface area (Å²) in [5, 5.41) is 8.69. The molecule has 0 saturated heterocycles. The highest BCUT2D eigenvalue weighted by Gasteiger charge is 2.41. The fourth-order valence-electron chi connectivity index (χ4n) is 2.15. The summed E-state index contributed by atoms with van der Waals surface area (Å²) < 4.78 is 0. The van der Waals surface area contributed by atoms with E-state index in [1.54, 1.807) is 0 Å². The lowest BCUT2D eigenvalue weighted by Crippen LogP contribution is -2.18. The molecule has 1 aromatic heterocycles. The smallest absolute Gasteiger partial charge is 0.0923 e. The van der Waals surface area contributed by atoms with Gasteiger partial charge in [-0.1, -0.05) is 18.2 Å². The van der Waals surface area contributed by atoms with Gasteiger partial charge in [-0.2, -0.15) is 5.10 Å². The first-order valence-electron chi connectivity index (χ1n) is 5.45. The predicted octanol–water partition coefficient (Wildman–Crippen LogP) is 1.84. The number of nitrogens with zero attached hydrogens (tertiary/aromatic N) is 1. The van der Waals surface area contributed by atoms with Crippen molar-refractivity contribution in [1.29, 1.82) is 0 Å². The molecule has 1 aliphatic rings. The van der Waals surface area contributed by atoms with Crippen LogP contribution in [0.1, 0.15) is 18.5 Å². The third kappa shape index (κ3) is 1.43. The van der Waals surface area contributed by atoms with Crippen LogP contribution in [0.25, 0.3) is 10.9 Å². The predicted molar refractivity (Wildman–Crippen MR) is 60.5 cm³/mol. The molecule has 1 aromatic carbocycles. The molecular formula is C12H15N3. The molecule has 1 heterocycles. The second kappa shape index (κ2) is 3.07. The van der Waals surface area contributed by atoms with E-state index in [1.165, 1.54) is 23.9 Å². The minimum absolute atomic E-state index is 0.370. The van der Waals surface area contributed by atoms with Crippen LogP contribution in [0.3, 0.4) is 0 Å². The quantitative estimate of drug-likeness (QED) is 0.796. The first kappa shape index (κ1) is 8.92. The highest BCUT2D eigenvalue weighted by atomic mass is 15.1. The van der Waals surface area contributed by atoms with Crippen LogP contribution in [0.15, 0.2) is 24.3 Å². The fourth-order valence-corrected chi connectivity index (χ4v) is 2.15. The third-order valence-electron chi connectivity index (χ3n) is 3.48. The Hall–Kier alpha value is -1.35. The summed E-state index contributed by atoms with van der Waals surface area (Å²) in [7, 11) is 0. The summed E-state index contributed by atoms with van der Waals surface area (Å²) in [5.41, 5.74) is 8.47. The SMILES string of the molecule is NCC1(Cc2[nH]nc3ccccc23)CC1. The zero-order valence-electron chi connectivity index (χ0n) is 8.66. The van der Waals surface area contributed by atoms with Crippen LogP contribution in [-0.4, -0.2) is 16.7 Å². The van der Waals surface area contributed by atoms with Crippen LogP contribution in [0.2, 0.25) is 0 Å². The van der Waals surface area contributed by atoms with Gasteiger partial charge < -0.3 is 5.73 Å². The number of aromatic amines is 1. The average molecular weight is 201 g/mol. The average Bonchev–Trinajstić information content (AvgIpc) is 2.95. The Balaban J connectivity index is 1.98. The van der Waals surface area contributed by atoms with Crippen LogP contribution >= 0.6 is 0 Å². The summed E-state index contributed by atoms with van der Waals surface area (Å²) in [6.45, 7) is 0.792. The lowest BCUT2D eigenvalue weighted by atomic mass is 9.99. The van der Waals surface area contributed by atoms with E-state index < -0.39 is 0 Å².